The molecule has 0 fully saturated rings. The van der Waals surface area contributed by atoms with Gasteiger partial charge in [0, 0.05) is 32.6 Å². The van der Waals surface area contributed by atoms with Crippen molar-refractivity contribution in [2.45, 2.75) is 32.2 Å². The SMILES string of the molecule is CCn1c(C(=O)c2cccc(Br)c2)c(C(CC)(C(=O)O)C(=O)O)c2ccc(Cl)cc21. The molecule has 0 aliphatic carbocycles. The van der Waals surface area contributed by atoms with Crippen LogP contribution >= 0.6 is 27.5 Å². The molecule has 0 saturated carbocycles. The zero-order valence-corrected chi connectivity index (χ0v) is 18.6. The minimum absolute atomic E-state index is 0.0245. The Balaban J connectivity index is 2.52. The monoisotopic (exact) mass is 491 g/mol. The number of aliphatic carboxylic acids is 2. The van der Waals surface area contributed by atoms with Gasteiger partial charge in [-0.05, 0) is 37.6 Å². The Hall–Kier alpha value is -2.64. The van der Waals surface area contributed by atoms with Crippen LogP contribution in [0, 0.1) is 0 Å². The molecule has 0 radical (unpaired) electrons. The molecule has 8 heteroatoms. The second-order valence-electron chi connectivity index (χ2n) is 6.84. The third-order valence-electron chi connectivity index (χ3n) is 5.33. The molecule has 0 unspecified atom stereocenters. The molecule has 0 aliphatic rings. The van der Waals surface area contributed by atoms with Crippen molar-refractivity contribution >= 4 is 56.2 Å². The zero-order chi connectivity index (χ0) is 22.2. The molecule has 0 spiro atoms. The average molecular weight is 493 g/mol. The van der Waals surface area contributed by atoms with Gasteiger partial charge < -0.3 is 14.8 Å². The van der Waals surface area contributed by atoms with Crippen molar-refractivity contribution in [3.63, 3.8) is 0 Å². The van der Waals surface area contributed by atoms with Gasteiger partial charge in [-0.1, -0.05) is 52.7 Å². The van der Waals surface area contributed by atoms with Gasteiger partial charge in [-0.15, -0.1) is 0 Å². The molecule has 1 aromatic heterocycles. The Labute approximate surface area is 186 Å². The lowest BCUT2D eigenvalue weighted by Gasteiger charge is -2.25. The Kier molecular flexibility index (Phi) is 6.06. The number of nitrogens with zero attached hydrogens (tertiary/aromatic N) is 1. The van der Waals surface area contributed by atoms with E-state index in [1.807, 2.05) is 0 Å². The summed E-state index contributed by atoms with van der Waals surface area (Å²) in [5, 5.41) is 20.8. The molecule has 0 saturated heterocycles. The van der Waals surface area contributed by atoms with Crippen LogP contribution in [-0.2, 0) is 21.5 Å². The van der Waals surface area contributed by atoms with E-state index >= 15 is 0 Å². The van der Waals surface area contributed by atoms with Crippen LogP contribution < -0.4 is 0 Å². The molecular formula is C22H19BrClNO5. The third kappa shape index (κ3) is 3.32. The number of carbonyl (C=O) groups is 3. The molecule has 1 heterocycles. The van der Waals surface area contributed by atoms with Gasteiger partial charge in [0.05, 0.1) is 11.2 Å². The van der Waals surface area contributed by atoms with Crippen LogP contribution in [0.15, 0.2) is 46.9 Å². The fraction of sp³-hybridized carbons (Fsp3) is 0.227. The summed E-state index contributed by atoms with van der Waals surface area (Å²) in [4.78, 5) is 38.3. The molecular weight excluding hydrogens is 474 g/mol. The predicted molar refractivity (Wildman–Crippen MR) is 117 cm³/mol. The van der Waals surface area contributed by atoms with Crippen molar-refractivity contribution in [1.29, 1.82) is 0 Å². The summed E-state index contributed by atoms with van der Waals surface area (Å²) < 4.78 is 2.31. The van der Waals surface area contributed by atoms with E-state index in [-0.39, 0.29) is 17.7 Å². The van der Waals surface area contributed by atoms with Crippen molar-refractivity contribution in [3.8, 4) is 0 Å². The first-order valence-corrected chi connectivity index (χ1v) is 10.4. The predicted octanol–water partition coefficient (Wildman–Crippen LogP) is 5.13. The Morgan fingerprint density at radius 2 is 1.73 bits per heavy atom. The molecule has 0 aliphatic heterocycles. The van der Waals surface area contributed by atoms with Gasteiger partial charge in [-0.25, -0.2) is 0 Å². The second-order valence-corrected chi connectivity index (χ2v) is 8.19. The number of aromatic nitrogens is 1. The van der Waals surface area contributed by atoms with Crippen molar-refractivity contribution in [3.05, 3.63) is 68.8 Å². The van der Waals surface area contributed by atoms with Gasteiger partial charge in [0.2, 0.25) is 5.78 Å². The number of carboxylic acids is 2. The van der Waals surface area contributed by atoms with Crippen LogP contribution in [0.5, 0.6) is 0 Å². The second kappa shape index (κ2) is 8.24. The number of hydrogen-bond acceptors (Lipinski definition) is 3. The molecule has 2 N–H and O–H groups in total. The summed E-state index contributed by atoms with van der Waals surface area (Å²) in [5.41, 5.74) is -1.44. The van der Waals surface area contributed by atoms with E-state index in [4.69, 9.17) is 11.6 Å². The van der Waals surface area contributed by atoms with E-state index in [9.17, 15) is 24.6 Å². The first kappa shape index (κ1) is 22.1. The van der Waals surface area contributed by atoms with E-state index in [1.54, 1.807) is 54.0 Å². The number of carboxylic acid groups (broad SMARTS) is 2. The number of ketones is 1. The first-order chi connectivity index (χ1) is 14.2. The first-order valence-electron chi connectivity index (χ1n) is 9.28. The van der Waals surface area contributed by atoms with Crippen molar-refractivity contribution in [2.24, 2.45) is 0 Å². The number of aryl methyl sites for hydroxylation is 1. The maximum atomic E-state index is 13.6. The van der Waals surface area contributed by atoms with Crippen LogP contribution in [-0.4, -0.2) is 32.5 Å². The van der Waals surface area contributed by atoms with Crippen LogP contribution in [0.25, 0.3) is 10.9 Å². The van der Waals surface area contributed by atoms with Gasteiger partial charge in [-0.3, -0.25) is 14.4 Å². The van der Waals surface area contributed by atoms with Gasteiger partial charge in [-0.2, -0.15) is 0 Å². The minimum Gasteiger partial charge on any atom is -0.480 e. The van der Waals surface area contributed by atoms with Gasteiger partial charge >= 0.3 is 11.9 Å². The van der Waals surface area contributed by atoms with E-state index in [0.29, 0.717) is 32.5 Å². The molecule has 0 bridgehead atoms. The largest absolute Gasteiger partial charge is 0.480 e. The van der Waals surface area contributed by atoms with E-state index in [0.717, 1.165) is 0 Å². The number of halogens is 2. The topological polar surface area (TPSA) is 96.6 Å². The standard InChI is InChI=1S/C22H19BrClNO5/c1-3-22(20(27)28,21(29)30)17-15-9-8-14(24)11-16(15)25(4-2)18(17)19(26)12-6-5-7-13(23)10-12/h5-11H,3-4H2,1-2H3,(H,27,28)(H,29,30). The molecule has 0 atom stereocenters. The quantitative estimate of drug-likeness (QED) is 0.352. The lowest BCUT2D eigenvalue weighted by Crippen LogP contribution is -2.44. The van der Waals surface area contributed by atoms with Crippen LogP contribution in [0.1, 0.15) is 41.9 Å². The minimum atomic E-state index is -2.29. The number of carbonyl (C=O) groups excluding carboxylic acids is 1. The summed E-state index contributed by atoms with van der Waals surface area (Å²) in [6, 6.07) is 11.4. The highest BCUT2D eigenvalue weighted by atomic mass is 79.9. The van der Waals surface area contributed by atoms with Crippen LogP contribution in [0.2, 0.25) is 5.02 Å². The average Bonchev–Trinajstić information content (AvgIpc) is 3.01. The van der Waals surface area contributed by atoms with Crippen LogP contribution in [0.3, 0.4) is 0 Å². The summed E-state index contributed by atoms with van der Waals surface area (Å²) in [5.74, 6) is -3.50. The van der Waals surface area contributed by atoms with E-state index < -0.39 is 23.1 Å². The van der Waals surface area contributed by atoms with Gasteiger partial charge in [0.1, 0.15) is 0 Å². The smallest absolute Gasteiger partial charge is 0.325 e. The molecule has 6 nitrogen and oxygen atoms in total. The normalized spacial score (nSPS) is 11.6. The van der Waals surface area contributed by atoms with Crippen molar-refractivity contribution in [1.82, 2.24) is 4.57 Å². The molecule has 3 rings (SSSR count). The number of rotatable bonds is 7. The third-order valence-corrected chi connectivity index (χ3v) is 6.06. The van der Waals surface area contributed by atoms with Crippen molar-refractivity contribution in [2.75, 3.05) is 0 Å². The molecule has 0 amide bonds. The fourth-order valence-corrected chi connectivity index (χ4v) is 4.44. The van der Waals surface area contributed by atoms with Crippen molar-refractivity contribution < 1.29 is 24.6 Å². The number of benzene rings is 2. The molecule has 156 valence electrons. The fourth-order valence-electron chi connectivity index (χ4n) is 3.87. The summed E-state index contributed by atoms with van der Waals surface area (Å²) in [6.07, 6.45) is -0.234. The molecule has 2 aromatic carbocycles. The summed E-state index contributed by atoms with van der Waals surface area (Å²) in [7, 11) is 0. The highest BCUT2D eigenvalue weighted by molar-refractivity contribution is 9.10. The maximum Gasteiger partial charge on any atom is 0.325 e. The maximum absolute atomic E-state index is 13.6. The number of fused-ring (bicyclic) bond motifs is 1. The number of hydrogen-bond donors (Lipinski definition) is 2. The molecule has 30 heavy (non-hydrogen) atoms. The summed E-state index contributed by atoms with van der Waals surface area (Å²) >= 11 is 9.50. The zero-order valence-electron chi connectivity index (χ0n) is 16.3. The van der Waals surface area contributed by atoms with E-state index in [2.05, 4.69) is 15.9 Å². The lowest BCUT2D eigenvalue weighted by molar-refractivity contribution is -0.157. The molecule has 3 aromatic rings. The Bertz CT molecular complexity index is 1170. The Morgan fingerprint density at radius 3 is 2.27 bits per heavy atom. The highest BCUT2D eigenvalue weighted by Crippen LogP contribution is 2.41. The lowest BCUT2D eigenvalue weighted by atomic mass is 9.75. The van der Waals surface area contributed by atoms with Gasteiger partial charge in [0.25, 0.3) is 0 Å². The highest BCUT2D eigenvalue weighted by Gasteiger charge is 2.51. The van der Waals surface area contributed by atoms with Crippen LogP contribution in [0.4, 0.5) is 0 Å². The van der Waals surface area contributed by atoms with E-state index in [1.165, 1.54) is 6.92 Å². The van der Waals surface area contributed by atoms with Gasteiger partial charge in [0.15, 0.2) is 5.41 Å². The Morgan fingerprint density at radius 1 is 1.07 bits per heavy atom. The summed E-state index contributed by atoms with van der Waals surface area (Å²) in [6.45, 7) is 3.61.